The molecule has 1 aliphatic rings. The van der Waals surface area contributed by atoms with Crippen molar-refractivity contribution in [3.63, 3.8) is 0 Å². The summed E-state index contributed by atoms with van der Waals surface area (Å²) < 4.78 is 23.6. The lowest BCUT2D eigenvalue weighted by Gasteiger charge is -2.13. The normalized spacial score (nSPS) is 15.6. The van der Waals surface area contributed by atoms with E-state index in [-0.39, 0.29) is 18.1 Å². The molecule has 0 saturated carbocycles. The lowest BCUT2D eigenvalue weighted by molar-refractivity contribution is -0.123. The molecular formula is C20H19FN2O4. The Morgan fingerprint density at radius 3 is 2.22 bits per heavy atom. The smallest absolute Gasteiger partial charge is 0.422 e. The molecule has 0 aromatic heterocycles. The maximum absolute atomic E-state index is 12.9. The van der Waals surface area contributed by atoms with Crippen molar-refractivity contribution in [3.05, 3.63) is 65.7 Å². The summed E-state index contributed by atoms with van der Waals surface area (Å²) in [6.45, 7) is 0.829. The van der Waals surface area contributed by atoms with Crippen molar-refractivity contribution in [3.8, 4) is 11.5 Å². The molecule has 0 atom stereocenters. The van der Waals surface area contributed by atoms with Crippen molar-refractivity contribution >= 4 is 18.1 Å². The highest BCUT2D eigenvalue weighted by molar-refractivity contribution is 6.09. The van der Waals surface area contributed by atoms with E-state index < -0.39 is 12.0 Å². The van der Waals surface area contributed by atoms with Crippen molar-refractivity contribution in [2.45, 2.75) is 0 Å². The van der Waals surface area contributed by atoms with E-state index in [9.17, 15) is 14.0 Å². The molecule has 3 rings (SSSR count). The predicted octanol–water partition coefficient (Wildman–Crippen LogP) is 3.50. The molecule has 1 heterocycles. The number of halogens is 1. The van der Waals surface area contributed by atoms with E-state index in [4.69, 9.17) is 9.47 Å². The molecule has 1 fully saturated rings. The first kappa shape index (κ1) is 18.6. The van der Waals surface area contributed by atoms with Gasteiger partial charge in [-0.2, -0.15) is 0 Å². The van der Waals surface area contributed by atoms with Gasteiger partial charge < -0.3 is 14.4 Å². The zero-order valence-electron chi connectivity index (χ0n) is 15.0. The first-order valence-corrected chi connectivity index (χ1v) is 8.36. The third-order valence-electron chi connectivity index (χ3n) is 3.87. The standard InChI is InChI=1S/C20H19FN2O4/c1-22(2)11-12-23-19(24)18(27-20(23)25)13-14-3-7-16(8-4-14)26-17-9-5-15(21)6-10-17/h3-10,13H,11-12H2,1-2H3/b18-13-. The number of benzene rings is 2. The first-order valence-electron chi connectivity index (χ1n) is 8.36. The molecule has 140 valence electrons. The van der Waals surface area contributed by atoms with Crippen LogP contribution in [0.25, 0.3) is 6.08 Å². The molecule has 27 heavy (non-hydrogen) atoms. The maximum Gasteiger partial charge on any atom is 0.422 e. The molecule has 1 aliphatic heterocycles. The first-order chi connectivity index (χ1) is 12.9. The van der Waals surface area contributed by atoms with Crippen molar-refractivity contribution in [1.29, 1.82) is 0 Å². The van der Waals surface area contributed by atoms with E-state index >= 15 is 0 Å². The quantitative estimate of drug-likeness (QED) is 0.729. The van der Waals surface area contributed by atoms with Gasteiger partial charge in [0, 0.05) is 13.1 Å². The molecule has 0 bridgehead atoms. The second-order valence-electron chi connectivity index (χ2n) is 6.26. The highest BCUT2D eigenvalue weighted by Gasteiger charge is 2.36. The van der Waals surface area contributed by atoms with Gasteiger partial charge in [-0.25, -0.2) is 14.1 Å². The van der Waals surface area contributed by atoms with Gasteiger partial charge >= 0.3 is 6.09 Å². The number of imide groups is 1. The highest BCUT2D eigenvalue weighted by atomic mass is 19.1. The Hall–Kier alpha value is -3.19. The molecule has 0 radical (unpaired) electrons. The largest absolute Gasteiger partial charge is 0.457 e. The Morgan fingerprint density at radius 1 is 1.04 bits per heavy atom. The molecule has 0 spiro atoms. The zero-order chi connectivity index (χ0) is 19.4. The fourth-order valence-electron chi connectivity index (χ4n) is 2.41. The predicted molar refractivity (Wildman–Crippen MR) is 97.6 cm³/mol. The lowest BCUT2D eigenvalue weighted by atomic mass is 10.2. The fourth-order valence-corrected chi connectivity index (χ4v) is 2.41. The molecule has 6 nitrogen and oxygen atoms in total. The minimum atomic E-state index is -0.663. The molecule has 0 aliphatic carbocycles. The van der Waals surface area contributed by atoms with Gasteiger partial charge in [-0.3, -0.25) is 4.79 Å². The van der Waals surface area contributed by atoms with Crippen molar-refractivity contribution in [2.75, 3.05) is 27.2 Å². The van der Waals surface area contributed by atoms with Gasteiger partial charge in [0.1, 0.15) is 17.3 Å². The molecule has 2 amide bonds. The lowest BCUT2D eigenvalue weighted by Crippen LogP contribution is -2.35. The Labute approximate surface area is 156 Å². The molecule has 0 unspecified atom stereocenters. The minimum Gasteiger partial charge on any atom is -0.457 e. The van der Waals surface area contributed by atoms with E-state index in [1.165, 1.54) is 30.3 Å². The maximum atomic E-state index is 12.9. The number of likely N-dealkylation sites (N-methyl/N-ethyl adjacent to an activating group) is 1. The van der Waals surface area contributed by atoms with E-state index in [0.717, 1.165) is 4.90 Å². The molecular weight excluding hydrogens is 351 g/mol. The summed E-state index contributed by atoms with van der Waals surface area (Å²) in [6, 6.07) is 12.6. The average Bonchev–Trinajstić information content (AvgIpc) is 2.90. The third kappa shape index (κ3) is 4.71. The zero-order valence-corrected chi connectivity index (χ0v) is 15.0. The monoisotopic (exact) mass is 370 g/mol. The molecule has 2 aromatic rings. The molecule has 0 N–H and O–H groups in total. The van der Waals surface area contributed by atoms with E-state index in [1.54, 1.807) is 24.3 Å². The Morgan fingerprint density at radius 2 is 1.63 bits per heavy atom. The van der Waals surface area contributed by atoms with Gasteiger partial charge in [0.05, 0.1) is 0 Å². The number of ether oxygens (including phenoxy) is 2. The van der Waals surface area contributed by atoms with Crippen LogP contribution in [-0.4, -0.2) is 49.0 Å². The summed E-state index contributed by atoms with van der Waals surface area (Å²) in [4.78, 5) is 27.1. The van der Waals surface area contributed by atoms with Crippen LogP contribution in [-0.2, 0) is 9.53 Å². The molecule has 7 heteroatoms. The number of rotatable bonds is 6. The SMILES string of the molecule is CN(C)CCN1C(=O)O/C(=C\c2ccc(Oc3ccc(F)cc3)cc2)C1=O. The van der Waals surface area contributed by atoms with Gasteiger partial charge in [-0.05, 0) is 62.1 Å². The summed E-state index contributed by atoms with van der Waals surface area (Å²) in [5.41, 5.74) is 0.687. The van der Waals surface area contributed by atoms with Crippen LogP contribution >= 0.6 is 0 Å². The molecule has 2 aromatic carbocycles. The van der Waals surface area contributed by atoms with Gasteiger partial charge in [0.2, 0.25) is 0 Å². The van der Waals surface area contributed by atoms with E-state index in [0.29, 0.717) is 23.6 Å². The van der Waals surface area contributed by atoms with Gasteiger partial charge in [-0.1, -0.05) is 12.1 Å². The Bertz CT molecular complexity index is 861. The van der Waals surface area contributed by atoms with Gasteiger partial charge in [0.25, 0.3) is 5.91 Å². The second kappa shape index (κ2) is 8.01. The number of carbonyl (C=O) groups is 2. The number of carbonyl (C=O) groups excluding carboxylic acids is 2. The fraction of sp³-hybridized carbons (Fsp3) is 0.200. The summed E-state index contributed by atoms with van der Waals surface area (Å²) >= 11 is 0. The van der Waals surface area contributed by atoms with Gasteiger partial charge in [-0.15, -0.1) is 0 Å². The number of hydrogen-bond acceptors (Lipinski definition) is 5. The minimum absolute atomic E-state index is 0.00837. The number of nitrogens with zero attached hydrogens (tertiary/aromatic N) is 2. The Balaban J connectivity index is 1.67. The molecule has 1 saturated heterocycles. The number of hydrogen-bond donors (Lipinski definition) is 0. The van der Waals surface area contributed by atoms with E-state index in [1.807, 2.05) is 19.0 Å². The van der Waals surface area contributed by atoms with Crippen LogP contribution in [0, 0.1) is 5.82 Å². The van der Waals surface area contributed by atoms with Crippen LogP contribution in [0.1, 0.15) is 5.56 Å². The highest BCUT2D eigenvalue weighted by Crippen LogP contribution is 2.24. The summed E-state index contributed by atoms with van der Waals surface area (Å²) in [6.07, 6.45) is 0.849. The summed E-state index contributed by atoms with van der Waals surface area (Å²) in [5, 5.41) is 0. The van der Waals surface area contributed by atoms with Crippen LogP contribution in [0.5, 0.6) is 11.5 Å². The van der Waals surface area contributed by atoms with Crippen molar-refractivity contribution in [2.24, 2.45) is 0 Å². The Kier molecular flexibility index (Phi) is 5.52. The van der Waals surface area contributed by atoms with Gasteiger partial charge in [0.15, 0.2) is 5.76 Å². The third-order valence-corrected chi connectivity index (χ3v) is 3.87. The topological polar surface area (TPSA) is 59.1 Å². The van der Waals surface area contributed by atoms with Crippen LogP contribution in [0.2, 0.25) is 0 Å². The van der Waals surface area contributed by atoms with Crippen molar-refractivity contribution < 1.29 is 23.5 Å². The second-order valence-corrected chi connectivity index (χ2v) is 6.26. The van der Waals surface area contributed by atoms with Crippen LogP contribution in [0.4, 0.5) is 9.18 Å². The van der Waals surface area contributed by atoms with Crippen LogP contribution in [0.3, 0.4) is 0 Å². The van der Waals surface area contributed by atoms with E-state index in [2.05, 4.69) is 0 Å². The number of cyclic esters (lactones) is 1. The van der Waals surface area contributed by atoms with Crippen LogP contribution in [0.15, 0.2) is 54.3 Å². The average molecular weight is 370 g/mol. The summed E-state index contributed by atoms with van der Waals surface area (Å²) in [5.74, 6) is 0.282. The van der Waals surface area contributed by atoms with Crippen molar-refractivity contribution in [1.82, 2.24) is 9.80 Å². The summed E-state index contributed by atoms with van der Waals surface area (Å²) in [7, 11) is 3.72. The number of amides is 2. The van der Waals surface area contributed by atoms with Crippen LogP contribution < -0.4 is 4.74 Å².